The molecule has 1 heterocycles. The highest BCUT2D eigenvalue weighted by Gasteiger charge is 2.34. The Kier molecular flexibility index (Phi) is 6.05. The van der Waals surface area contributed by atoms with Crippen LogP contribution in [-0.4, -0.2) is 41.1 Å². The molecule has 0 spiro atoms. The van der Waals surface area contributed by atoms with Gasteiger partial charge in [-0.3, -0.25) is 0 Å². The lowest BCUT2D eigenvalue weighted by Gasteiger charge is -2.30. The summed E-state index contributed by atoms with van der Waals surface area (Å²) in [6.07, 6.45) is 3.13. The van der Waals surface area contributed by atoms with Crippen LogP contribution in [0.3, 0.4) is 0 Å². The molecule has 0 radical (unpaired) electrons. The SMILES string of the molecule is CC(C)C1CCCN(C(=O)NC(C(=O)O)C(C)(C)C)CC1. The second-order valence-electron chi connectivity index (χ2n) is 7.51. The number of hydrogen-bond donors (Lipinski definition) is 2. The van der Waals surface area contributed by atoms with Crippen LogP contribution in [0.5, 0.6) is 0 Å². The summed E-state index contributed by atoms with van der Waals surface area (Å²) in [6, 6.07) is -1.11. The molecule has 2 amide bonds. The first-order chi connectivity index (χ1) is 9.62. The van der Waals surface area contributed by atoms with Crippen molar-refractivity contribution in [2.45, 2.75) is 59.9 Å². The number of carbonyl (C=O) groups is 2. The summed E-state index contributed by atoms with van der Waals surface area (Å²) in [5.41, 5.74) is -0.506. The lowest BCUT2D eigenvalue weighted by Crippen LogP contribution is -2.53. The predicted molar refractivity (Wildman–Crippen MR) is 83.2 cm³/mol. The predicted octanol–water partition coefficient (Wildman–Crippen LogP) is 2.95. The van der Waals surface area contributed by atoms with Gasteiger partial charge < -0.3 is 15.3 Å². The van der Waals surface area contributed by atoms with Crippen LogP contribution in [0.1, 0.15) is 53.9 Å². The smallest absolute Gasteiger partial charge is 0.326 e. The Bertz CT molecular complexity index is 374. The van der Waals surface area contributed by atoms with Crippen LogP contribution in [0.25, 0.3) is 0 Å². The first-order valence-electron chi connectivity index (χ1n) is 7.91. The Morgan fingerprint density at radius 2 is 1.81 bits per heavy atom. The van der Waals surface area contributed by atoms with Crippen LogP contribution in [0.4, 0.5) is 4.79 Å². The molecule has 0 saturated carbocycles. The van der Waals surface area contributed by atoms with Gasteiger partial charge in [0.25, 0.3) is 0 Å². The van der Waals surface area contributed by atoms with Crippen LogP contribution >= 0.6 is 0 Å². The maximum Gasteiger partial charge on any atom is 0.326 e. The molecule has 21 heavy (non-hydrogen) atoms. The maximum atomic E-state index is 12.3. The number of rotatable bonds is 3. The van der Waals surface area contributed by atoms with Crippen LogP contribution in [-0.2, 0) is 4.79 Å². The minimum absolute atomic E-state index is 0.248. The van der Waals surface area contributed by atoms with Gasteiger partial charge in [0.2, 0.25) is 0 Å². The van der Waals surface area contributed by atoms with Gasteiger partial charge in [-0.15, -0.1) is 0 Å². The number of nitrogens with one attached hydrogen (secondary N) is 1. The zero-order valence-electron chi connectivity index (χ0n) is 14.0. The molecule has 2 N–H and O–H groups in total. The second-order valence-corrected chi connectivity index (χ2v) is 7.51. The monoisotopic (exact) mass is 298 g/mol. The quantitative estimate of drug-likeness (QED) is 0.841. The third-order valence-corrected chi connectivity index (χ3v) is 4.38. The summed E-state index contributed by atoms with van der Waals surface area (Å²) >= 11 is 0. The van der Waals surface area contributed by atoms with Crippen molar-refractivity contribution in [2.24, 2.45) is 17.3 Å². The summed E-state index contributed by atoms with van der Waals surface area (Å²) in [7, 11) is 0. The minimum Gasteiger partial charge on any atom is -0.480 e. The largest absolute Gasteiger partial charge is 0.480 e. The molecule has 5 nitrogen and oxygen atoms in total. The van der Waals surface area contributed by atoms with E-state index >= 15 is 0 Å². The van der Waals surface area contributed by atoms with E-state index in [0.29, 0.717) is 24.9 Å². The molecule has 122 valence electrons. The molecular weight excluding hydrogens is 268 g/mol. The number of amides is 2. The molecule has 0 aliphatic carbocycles. The van der Waals surface area contributed by atoms with Crippen molar-refractivity contribution >= 4 is 12.0 Å². The summed E-state index contributed by atoms with van der Waals surface area (Å²) in [4.78, 5) is 25.4. The van der Waals surface area contributed by atoms with Crippen molar-refractivity contribution in [1.82, 2.24) is 10.2 Å². The fraction of sp³-hybridized carbons (Fsp3) is 0.875. The van der Waals surface area contributed by atoms with Gasteiger partial charge in [0, 0.05) is 13.1 Å². The number of hydrogen-bond acceptors (Lipinski definition) is 2. The van der Waals surface area contributed by atoms with Gasteiger partial charge in [-0.05, 0) is 36.5 Å². The van der Waals surface area contributed by atoms with Crippen molar-refractivity contribution in [2.75, 3.05) is 13.1 Å². The van der Waals surface area contributed by atoms with Crippen molar-refractivity contribution < 1.29 is 14.7 Å². The number of carbonyl (C=O) groups excluding carboxylic acids is 1. The van der Waals surface area contributed by atoms with E-state index in [4.69, 9.17) is 0 Å². The molecule has 0 aromatic rings. The maximum absolute atomic E-state index is 12.3. The van der Waals surface area contributed by atoms with E-state index in [-0.39, 0.29) is 6.03 Å². The average Bonchev–Trinajstić information content (AvgIpc) is 2.59. The van der Waals surface area contributed by atoms with Crippen LogP contribution < -0.4 is 5.32 Å². The van der Waals surface area contributed by atoms with E-state index in [9.17, 15) is 14.7 Å². The van der Waals surface area contributed by atoms with Gasteiger partial charge >= 0.3 is 12.0 Å². The Balaban J connectivity index is 2.64. The molecule has 2 unspecified atom stereocenters. The van der Waals surface area contributed by atoms with E-state index in [2.05, 4.69) is 19.2 Å². The number of aliphatic carboxylic acids is 1. The Morgan fingerprint density at radius 1 is 1.19 bits per heavy atom. The fourth-order valence-electron chi connectivity index (χ4n) is 2.86. The van der Waals surface area contributed by atoms with Crippen LogP contribution in [0.15, 0.2) is 0 Å². The summed E-state index contributed by atoms with van der Waals surface area (Å²) in [5.74, 6) is 0.306. The van der Waals surface area contributed by atoms with E-state index in [1.54, 1.807) is 4.90 Å². The lowest BCUT2D eigenvalue weighted by molar-refractivity contribution is -0.142. The van der Waals surface area contributed by atoms with E-state index in [1.807, 2.05) is 20.8 Å². The highest BCUT2D eigenvalue weighted by molar-refractivity contribution is 5.83. The van der Waals surface area contributed by atoms with Gasteiger partial charge in [0.1, 0.15) is 6.04 Å². The molecule has 1 aliphatic heterocycles. The average molecular weight is 298 g/mol. The molecule has 1 fully saturated rings. The minimum atomic E-state index is -0.981. The third kappa shape index (κ3) is 5.21. The summed E-state index contributed by atoms with van der Waals surface area (Å²) < 4.78 is 0. The van der Waals surface area contributed by atoms with Gasteiger partial charge in [0.05, 0.1) is 0 Å². The van der Waals surface area contributed by atoms with Gasteiger partial charge in [-0.1, -0.05) is 34.6 Å². The normalized spacial score (nSPS) is 21.8. The first kappa shape index (κ1) is 17.8. The molecule has 1 rings (SSSR count). The lowest BCUT2D eigenvalue weighted by atomic mass is 9.87. The van der Waals surface area contributed by atoms with Crippen LogP contribution in [0, 0.1) is 17.3 Å². The van der Waals surface area contributed by atoms with Crippen molar-refractivity contribution in [1.29, 1.82) is 0 Å². The van der Waals surface area contributed by atoms with E-state index in [1.165, 1.54) is 0 Å². The Morgan fingerprint density at radius 3 is 2.29 bits per heavy atom. The van der Waals surface area contributed by atoms with Crippen molar-refractivity contribution in [3.05, 3.63) is 0 Å². The zero-order chi connectivity index (χ0) is 16.2. The fourth-order valence-corrected chi connectivity index (χ4v) is 2.86. The second kappa shape index (κ2) is 7.14. The molecule has 1 saturated heterocycles. The molecule has 0 aromatic carbocycles. The number of likely N-dealkylation sites (tertiary alicyclic amines) is 1. The van der Waals surface area contributed by atoms with Gasteiger partial charge in [-0.25, -0.2) is 9.59 Å². The van der Waals surface area contributed by atoms with Gasteiger partial charge in [-0.2, -0.15) is 0 Å². The summed E-state index contributed by atoms with van der Waals surface area (Å²) in [6.45, 7) is 11.3. The first-order valence-corrected chi connectivity index (χ1v) is 7.91. The number of carboxylic acids is 1. The van der Waals surface area contributed by atoms with Gasteiger partial charge in [0.15, 0.2) is 0 Å². The molecular formula is C16H30N2O3. The highest BCUT2D eigenvalue weighted by Crippen LogP contribution is 2.25. The zero-order valence-corrected chi connectivity index (χ0v) is 14.0. The standard InChI is InChI=1S/C16H30N2O3/c1-11(2)12-7-6-9-18(10-8-12)15(21)17-13(14(19)20)16(3,4)5/h11-13H,6-10H2,1-5H3,(H,17,21)(H,19,20). The third-order valence-electron chi connectivity index (χ3n) is 4.38. The molecule has 2 atom stereocenters. The number of nitrogens with zero attached hydrogens (tertiary/aromatic N) is 1. The highest BCUT2D eigenvalue weighted by atomic mass is 16.4. The Hall–Kier alpha value is -1.26. The Labute approximate surface area is 128 Å². The summed E-state index contributed by atoms with van der Waals surface area (Å²) in [5, 5.41) is 12.0. The molecule has 0 bridgehead atoms. The molecule has 0 aromatic heterocycles. The number of carboxylic acid groups (broad SMARTS) is 1. The van der Waals surface area contributed by atoms with E-state index < -0.39 is 17.4 Å². The van der Waals surface area contributed by atoms with Crippen LogP contribution in [0.2, 0.25) is 0 Å². The topological polar surface area (TPSA) is 69.6 Å². The van der Waals surface area contributed by atoms with Crippen molar-refractivity contribution in [3.8, 4) is 0 Å². The van der Waals surface area contributed by atoms with Crippen molar-refractivity contribution in [3.63, 3.8) is 0 Å². The molecule has 1 aliphatic rings. The number of urea groups is 1. The molecule has 5 heteroatoms. The van der Waals surface area contributed by atoms with E-state index in [0.717, 1.165) is 19.3 Å².